The maximum absolute atomic E-state index is 11.1. The summed E-state index contributed by atoms with van der Waals surface area (Å²) < 4.78 is 5.69. The van der Waals surface area contributed by atoms with Crippen molar-refractivity contribution in [1.29, 1.82) is 0 Å². The minimum absolute atomic E-state index is 0.0577. The molecule has 1 rings (SSSR count). The SMILES string of the molecule is CCCCCOC(C)Cc1ccccc1C(=O)O. The lowest BCUT2D eigenvalue weighted by atomic mass is 10.0. The van der Waals surface area contributed by atoms with E-state index in [9.17, 15) is 4.79 Å². The normalized spacial score (nSPS) is 12.3. The molecule has 1 atom stereocenters. The summed E-state index contributed by atoms with van der Waals surface area (Å²) in [6, 6.07) is 7.11. The molecule has 0 bridgehead atoms. The number of rotatable bonds is 8. The molecule has 3 heteroatoms. The third kappa shape index (κ3) is 4.88. The molecule has 0 spiro atoms. The number of carboxylic acids is 1. The Morgan fingerprint density at radius 1 is 1.33 bits per heavy atom. The van der Waals surface area contributed by atoms with E-state index in [1.807, 2.05) is 19.1 Å². The molecule has 18 heavy (non-hydrogen) atoms. The third-order valence-electron chi connectivity index (χ3n) is 2.91. The van der Waals surface area contributed by atoms with Crippen molar-refractivity contribution >= 4 is 5.97 Å². The first kappa shape index (κ1) is 14.7. The zero-order valence-electron chi connectivity index (χ0n) is 11.2. The molecule has 0 aliphatic carbocycles. The van der Waals surface area contributed by atoms with E-state index < -0.39 is 5.97 Å². The van der Waals surface area contributed by atoms with Crippen LogP contribution in [0.3, 0.4) is 0 Å². The van der Waals surface area contributed by atoms with Gasteiger partial charge in [0, 0.05) is 6.61 Å². The zero-order chi connectivity index (χ0) is 13.4. The highest BCUT2D eigenvalue weighted by Gasteiger charge is 2.12. The van der Waals surface area contributed by atoms with Crippen molar-refractivity contribution in [3.05, 3.63) is 35.4 Å². The number of hydrogen-bond acceptors (Lipinski definition) is 2. The average Bonchev–Trinajstić information content (AvgIpc) is 2.35. The second kappa shape index (κ2) is 7.88. The van der Waals surface area contributed by atoms with Gasteiger partial charge in [-0.3, -0.25) is 0 Å². The first-order valence-electron chi connectivity index (χ1n) is 6.58. The second-order valence-corrected chi connectivity index (χ2v) is 4.55. The van der Waals surface area contributed by atoms with Crippen LogP contribution in [-0.2, 0) is 11.2 Å². The number of hydrogen-bond donors (Lipinski definition) is 1. The van der Waals surface area contributed by atoms with Gasteiger partial charge in [0.1, 0.15) is 0 Å². The lowest BCUT2D eigenvalue weighted by molar-refractivity contribution is 0.0624. The van der Waals surface area contributed by atoms with E-state index in [0.29, 0.717) is 12.0 Å². The first-order valence-corrected chi connectivity index (χ1v) is 6.58. The van der Waals surface area contributed by atoms with E-state index in [2.05, 4.69) is 6.92 Å². The summed E-state index contributed by atoms with van der Waals surface area (Å²) in [7, 11) is 0. The van der Waals surface area contributed by atoms with Crippen LogP contribution in [0.4, 0.5) is 0 Å². The predicted octanol–water partition coefficient (Wildman–Crippen LogP) is 3.52. The highest BCUT2D eigenvalue weighted by Crippen LogP contribution is 2.13. The third-order valence-corrected chi connectivity index (χ3v) is 2.91. The number of benzene rings is 1. The maximum atomic E-state index is 11.1. The van der Waals surface area contributed by atoms with Crippen LogP contribution >= 0.6 is 0 Å². The molecule has 0 fully saturated rings. The highest BCUT2D eigenvalue weighted by atomic mass is 16.5. The number of ether oxygens (including phenoxy) is 1. The molecule has 3 nitrogen and oxygen atoms in total. The fourth-order valence-corrected chi connectivity index (χ4v) is 1.91. The topological polar surface area (TPSA) is 46.5 Å². The molecule has 0 aliphatic heterocycles. The predicted molar refractivity (Wildman–Crippen MR) is 72.0 cm³/mol. The molecular formula is C15H22O3. The maximum Gasteiger partial charge on any atom is 0.335 e. The van der Waals surface area contributed by atoms with Gasteiger partial charge in [-0.1, -0.05) is 38.0 Å². The van der Waals surface area contributed by atoms with Gasteiger partial charge in [0.15, 0.2) is 0 Å². The van der Waals surface area contributed by atoms with Crippen LogP contribution in [0.15, 0.2) is 24.3 Å². The van der Waals surface area contributed by atoms with E-state index in [1.165, 1.54) is 12.8 Å². The molecule has 0 heterocycles. The lowest BCUT2D eigenvalue weighted by Crippen LogP contribution is -2.15. The van der Waals surface area contributed by atoms with Crippen LogP contribution in [0.2, 0.25) is 0 Å². The van der Waals surface area contributed by atoms with Gasteiger partial charge in [-0.15, -0.1) is 0 Å². The molecule has 100 valence electrons. The number of carboxylic acid groups (broad SMARTS) is 1. The Labute approximate surface area is 109 Å². The zero-order valence-corrected chi connectivity index (χ0v) is 11.2. The molecule has 1 aromatic rings. The fourth-order valence-electron chi connectivity index (χ4n) is 1.91. The summed E-state index contributed by atoms with van der Waals surface area (Å²) in [6.45, 7) is 4.90. The van der Waals surface area contributed by atoms with Crippen LogP contribution in [-0.4, -0.2) is 23.8 Å². The van der Waals surface area contributed by atoms with Gasteiger partial charge in [-0.25, -0.2) is 4.79 Å². The Morgan fingerprint density at radius 3 is 2.72 bits per heavy atom. The van der Waals surface area contributed by atoms with E-state index in [0.717, 1.165) is 18.6 Å². The van der Waals surface area contributed by atoms with Crippen LogP contribution in [0, 0.1) is 0 Å². The first-order chi connectivity index (χ1) is 8.65. The van der Waals surface area contributed by atoms with Gasteiger partial charge in [0.25, 0.3) is 0 Å². The molecule has 1 unspecified atom stereocenters. The summed E-state index contributed by atoms with van der Waals surface area (Å²) in [5, 5.41) is 9.08. The van der Waals surface area contributed by atoms with Crippen LogP contribution < -0.4 is 0 Å². The summed E-state index contributed by atoms with van der Waals surface area (Å²) in [5.41, 5.74) is 1.22. The molecule has 1 N–H and O–H groups in total. The van der Waals surface area contributed by atoms with Crippen LogP contribution in [0.1, 0.15) is 49.0 Å². The van der Waals surface area contributed by atoms with Gasteiger partial charge in [0.05, 0.1) is 11.7 Å². The van der Waals surface area contributed by atoms with Gasteiger partial charge in [-0.2, -0.15) is 0 Å². The average molecular weight is 250 g/mol. The van der Waals surface area contributed by atoms with Gasteiger partial charge < -0.3 is 9.84 Å². The minimum Gasteiger partial charge on any atom is -0.478 e. The second-order valence-electron chi connectivity index (χ2n) is 4.55. The van der Waals surface area contributed by atoms with Gasteiger partial charge in [-0.05, 0) is 31.4 Å². The van der Waals surface area contributed by atoms with Crippen molar-refractivity contribution < 1.29 is 14.6 Å². The Morgan fingerprint density at radius 2 is 2.06 bits per heavy atom. The molecule has 0 radical (unpaired) electrons. The fraction of sp³-hybridized carbons (Fsp3) is 0.533. The summed E-state index contributed by atoms with van der Waals surface area (Å²) >= 11 is 0. The number of aromatic carboxylic acids is 1. The monoisotopic (exact) mass is 250 g/mol. The molecule has 0 saturated carbocycles. The summed E-state index contributed by atoms with van der Waals surface area (Å²) in [4.78, 5) is 11.1. The standard InChI is InChI=1S/C15H22O3/c1-3-4-7-10-18-12(2)11-13-8-5-6-9-14(13)15(16)17/h5-6,8-9,12H,3-4,7,10-11H2,1-2H3,(H,16,17). The van der Waals surface area contributed by atoms with E-state index >= 15 is 0 Å². The minimum atomic E-state index is -0.871. The van der Waals surface area contributed by atoms with Crippen molar-refractivity contribution in [3.8, 4) is 0 Å². The van der Waals surface area contributed by atoms with Crippen molar-refractivity contribution in [2.24, 2.45) is 0 Å². The molecule has 1 aromatic carbocycles. The summed E-state index contributed by atoms with van der Waals surface area (Å²) in [5.74, 6) is -0.871. The van der Waals surface area contributed by atoms with E-state index in [-0.39, 0.29) is 6.10 Å². The van der Waals surface area contributed by atoms with E-state index in [1.54, 1.807) is 12.1 Å². The van der Waals surface area contributed by atoms with Crippen molar-refractivity contribution in [2.45, 2.75) is 45.6 Å². The number of unbranched alkanes of at least 4 members (excludes halogenated alkanes) is 2. The van der Waals surface area contributed by atoms with Crippen LogP contribution in [0.5, 0.6) is 0 Å². The Bertz CT molecular complexity index is 374. The lowest BCUT2D eigenvalue weighted by Gasteiger charge is -2.14. The Balaban J connectivity index is 2.48. The van der Waals surface area contributed by atoms with Crippen LogP contribution in [0.25, 0.3) is 0 Å². The molecule has 0 aromatic heterocycles. The highest BCUT2D eigenvalue weighted by molar-refractivity contribution is 5.89. The van der Waals surface area contributed by atoms with Crippen molar-refractivity contribution in [3.63, 3.8) is 0 Å². The van der Waals surface area contributed by atoms with E-state index in [4.69, 9.17) is 9.84 Å². The molecule has 0 aliphatic rings. The van der Waals surface area contributed by atoms with Gasteiger partial charge >= 0.3 is 5.97 Å². The largest absolute Gasteiger partial charge is 0.478 e. The Kier molecular flexibility index (Phi) is 6.44. The van der Waals surface area contributed by atoms with Crippen molar-refractivity contribution in [2.75, 3.05) is 6.61 Å². The molecule has 0 saturated heterocycles. The number of carbonyl (C=O) groups is 1. The van der Waals surface area contributed by atoms with Gasteiger partial charge in [0.2, 0.25) is 0 Å². The smallest absolute Gasteiger partial charge is 0.335 e. The quantitative estimate of drug-likeness (QED) is 0.718. The Hall–Kier alpha value is -1.35. The van der Waals surface area contributed by atoms with Crippen molar-refractivity contribution in [1.82, 2.24) is 0 Å². The molecular weight excluding hydrogens is 228 g/mol. The summed E-state index contributed by atoms with van der Waals surface area (Å²) in [6.07, 6.45) is 4.14. The molecule has 0 amide bonds.